The van der Waals surface area contributed by atoms with Gasteiger partial charge in [0.25, 0.3) is 5.91 Å². The fourth-order valence-corrected chi connectivity index (χ4v) is 2.50. The predicted molar refractivity (Wildman–Crippen MR) is 94.3 cm³/mol. The molecule has 1 amide bonds. The Balaban J connectivity index is 2.21. The molecule has 0 aliphatic rings. The van der Waals surface area contributed by atoms with Crippen molar-refractivity contribution in [3.05, 3.63) is 57.2 Å². The van der Waals surface area contributed by atoms with Crippen LogP contribution < -0.4 is 10.1 Å². The van der Waals surface area contributed by atoms with Gasteiger partial charge in [-0.05, 0) is 78.9 Å². The van der Waals surface area contributed by atoms with Crippen molar-refractivity contribution in [2.75, 3.05) is 5.32 Å². The van der Waals surface area contributed by atoms with Crippen LogP contribution in [-0.4, -0.2) is 12.0 Å². The van der Waals surface area contributed by atoms with E-state index in [2.05, 4.69) is 5.32 Å². The van der Waals surface area contributed by atoms with Gasteiger partial charge in [0, 0.05) is 9.13 Å². The largest absolute Gasteiger partial charge is 0.491 e. The van der Waals surface area contributed by atoms with Crippen molar-refractivity contribution in [3.63, 3.8) is 0 Å². The second-order valence-electron chi connectivity index (χ2n) is 5.33. The molecule has 3 nitrogen and oxygen atoms in total. The summed E-state index contributed by atoms with van der Waals surface area (Å²) >= 11 is 1.79. The minimum absolute atomic E-state index is 0.00851. The smallest absolute Gasteiger partial charge is 0.418 e. The average Bonchev–Trinajstić information content (AvgIpc) is 2.48. The third-order valence-corrected chi connectivity index (χ3v) is 3.69. The Bertz CT molecular complexity index is 728. The van der Waals surface area contributed by atoms with E-state index >= 15 is 0 Å². The molecule has 1 N–H and O–H groups in total. The summed E-state index contributed by atoms with van der Waals surface area (Å²) in [5.74, 6) is -0.0235. The number of carbonyl (C=O) groups is 1. The summed E-state index contributed by atoms with van der Waals surface area (Å²) < 4.78 is 45.2. The van der Waals surface area contributed by atoms with E-state index in [1.807, 2.05) is 13.8 Å². The van der Waals surface area contributed by atoms with Gasteiger partial charge in [-0.25, -0.2) is 0 Å². The number of ether oxygens (including phenoxy) is 1. The van der Waals surface area contributed by atoms with Crippen molar-refractivity contribution in [2.45, 2.75) is 26.1 Å². The lowest BCUT2D eigenvalue weighted by Crippen LogP contribution is -2.17. The zero-order chi connectivity index (χ0) is 17.9. The molecule has 2 rings (SSSR count). The standard InChI is InChI=1S/C17H15F3INO2/c1-10(2)24-13-6-3-11(4-7-13)16(23)22-15-8-5-12(21)9-14(15)17(18,19)20/h3-10H,1-2H3,(H,22,23). The lowest BCUT2D eigenvalue weighted by molar-refractivity contribution is -0.137. The van der Waals surface area contributed by atoms with E-state index < -0.39 is 17.6 Å². The topological polar surface area (TPSA) is 38.3 Å². The van der Waals surface area contributed by atoms with Crippen LogP contribution in [0.5, 0.6) is 5.75 Å². The van der Waals surface area contributed by atoms with Gasteiger partial charge in [0.15, 0.2) is 0 Å². The number of hydrogen-bond donors (Lipinski definition) is 1. The van der Waals surface area contributed by atoms with Crippen LogP contribution in [0.25, 0.3) is 0 Å². The van der Waals surface area contributed by atoms with Gasteiger partial charge in [0.1, 0.15) is 5.75 Å². The molecule has 2 aromatic rings. The fraction of sp³-hybridized carbons (Fsp3) is 0.235. The summed E-state index contributed by atoms with van der Waals surface area (Å²) in [5, 5.41) is 2.32. The average molecular weight is 449 g/mol. The van der Waals surface area contributed by atoms with Gasteiger partial charge in [0.2, 0.25) is 0 Å². The molecule has 0 aromatic heterocycles. The zero-order valence-corrected chi connectivity index (χ0v) is 15.1. The third kappa shape index (κ3) is 4.86. The summed E-state index contributed by atoms with van der Waals surface area (Å²) in [6, 6.07) is 9.97. The van der Waals surface area contributed by atoms with Crippen molar-refractivity contribution in [3.8, 4) is 5.75 Å². The molecule has 0 unspecified atom stereocenters. The van der Waals surface area contributed by atoms with Gasteiger partial charge >= 0.3 is 6.18 Å². The molecular weight excluding hydrogens is 434 g/mol. The Kier molecular flexibility index (Phi) is 5.74. The van der Waals surface area contributed by atoms with E-state index in [9.17, 15) is 18.0 Å². The molecule has 0 bridgehead atoms. The Hall–Kier alpha value is -1.77. The number of halogens is 4. The molecule has 0 saturated heterocycles. The first-order chi connectivity index (χ1) is 11.2. The van der Waals surface area contributed by atoms with E-state index in [4.69, 9.17) is 4.74 Å². The summed E-state index contributed by atoms with van der Waals surface area (Å²) in [4.78, 5) is 12.2. The van der Waals surface area contributed by atoms with E-state index in [0.29, 0.717) is 9.32 Å². The second-order valence-corrected chi connectivity index (χ2v) is 6.58. The van der Waals surface area contributed by atoms with Crippen LogP contribution in [0.3, 0.4) is 0 Å². The van der Waals surface area contributed by atoms with Gasteiger partial charge in [0.05, 0.1) is 17.4 Å². The van der Waals surface area contributed by atoms with Crippen LogP contribution in [0.2, 0.25) is 0 Å². The molecule has 2 aromatic carbocycles. The van der Waals surface area contributed by atoms with Gasteiger partial charge in [-0.2, -0.15) is 13.2 Å². The van der Waals surface area contributed by atoms with Crippen LogP contribution in [0.15, 0.2) is 42.5 Å². The SMILES string of the molecule is CC(C)Oc1ccc(C(=O)Nc2ccc(I)cc2C(F)(F)F)cc1. The highest BCUT2D eigenvalue weighted by molar-refractivity contribution is 14.1. The van der Waals surface area contributed by atoms with E-state index in [1.165, 1.54) is 24.3 Å². The third-order valence-electron chi connectivity index (χ3n) is 3.02. The van der Waals surface area contributed by atoms with Crippen LogP contribution in [0, 0.1) is 3.57 Å². The monoisotopic (exact) mass is 449 g/mol. The Morgan fingerprint density at radius 2 is 1.75 bits per heavy atom. The molecule has 0 heterocycles. The molecule has 0 spiro atoms. The lowest BCUT2D eigenvalue weighted by atomic mass is 10.1. The molecule has 24 heavy (non-hydrogen) atoms. The molecular formula is C17H15F3INO2. The van der Waals surface area contributed by atoms with Gasteiger partial charge in [-0.1, -0.05) is 0 Å². The number of anilines is 1. The maximum Gasteiger partial charge on any atom is 0.418 e. The first-order valence-electron chi connectivity index (χ1n) is 7.11. The first kappa shape index (κ1) is 18.6. The molecule has 0 fully saturated rings. The van der Waals surface area contributed by atoms with Gasteiger partial charge in [-0.3, -0.25) is 4.79 Å². The van der Waals surface area contributed by atoms with Gasteiger partial charge in [-0.15, -0.1) is 0 Å². The number of amides is 1. The number of hydrogen-bond acceptors (Lipinski definition) is 2. The maximum absolute atomic E-state index is 13.1. The van der Waals surface area contributed by atoms with E-state index in [0.717, 1.165) is 6.07 Å². The van der Waals surface area contributed by atoms with Crippen LogP contribution in [-0.2, 0) is 6.18 Å². The normalized spacial score (nSPS) is 11.5. The number of rotatable bonds is 4. The van der Waals surface area contributed by atoms with Crippen molar-refractivity contribution in [1.82, 2.24) is 0 Å². The van der Waals surface area contributed by atoms with Crippen molar-refractivity contribution in [1.29, 1.82) is 0 Å². The van der Waals surface area contributed by atoms with E-state index in [-0.39, 0.29) is 17.4 Å². The van der Waals surface area contributed by atoms with Crippen molar-refractivity contribution in [2.24, 2.45) is 0 Å². The minimum atomic E-state index is -4.54. The number of nitrogens with one attached hydrogen (secondary N) is 1. The quantitative estimate of drug-likeness (QED) is 0.640. The highest BCUT2D eigenvalue weighted by Gasteiger charge is 2.34. The van der Waals surface area contributed by atoms with Crippen molar-refractivity contribution >= 4 is 34.2 Å². The first-order valence-corrected chi connectivity index (χ1v) is 8.19. The second kappa shape index (κ2) is 7.42. The number of alkyl halides is 3. The number of carbonyl (C=O) groups excluding carboxylic acids is 1. The van der Waals surface area contributed by atoms with Crippen LogP contribution in [0.1, 0.15) is 29.8 Å². The molecule has 0 atom stereocenters. The summed E-state index contributed by atoms with van der Waals surface area (Å²) in [5.41, 5.74) is -0.893. The Morgan fingerprint density at radius 1 is 1.12 bits per heavy atom. The van der Waals surface area contributed by atoms with Crippen LogP contribution in [0.4, 0.5) is 18.9 Å². The highest BCUT2D eigenvalue weighted by atomic mass is 127. The van der Waals surface area contributed by atoms with E-state index in [1.54, 1.807) is 34.7 Å². The fourth-order valence-electron chi connectivity index (χ4n) is 2.01. The molecule has 0 aliphatic heterocycles. The molecule has 0 saturated carbocycles. The summed E-state index contributed by atoms with van der Waals surface area (Å²) in [7, 11) is 0. The zero-order valence-electron chi connectivity index (χ0n) is 12.9. The Labute approximate surface area is 151 Å². The lowest BCUT2D eigenvalue weighted by Gasteiger charge is -2.14. The van der Waals surface area contributed by atoms with Gasteiger partial charge < -0.3 is 10.1 Å². The maximum atomic E-state index is 13.1. The predicted octanol–water partition coefficient (Wildman–Crippen LogP) is 5.35. The summed E-state index contributed by atoms with van der Waals surface area (Å²) in [6.45, 7) is 3.74. The molecule has 7 heteroatoms. The Morgan fingerprint density at radius 3 is 2.29 bits per heavy atom. The number of benzene rings is 2. The van der Waals surface area contributed by atoms with Crippen molar-refractivity contribution < 1.29 is 22.7 Å². The van der Waals surface area contributed by atoms with Crippen LogP contribution >= 0.6 is 22.6 Å². The highest BCUT2D eigenvalue weighted by Crippen LogP contribution is 2.36. The summed E-state index contributed by atoms with van der Waals surface area (Å²) in [6.07, 6.45) is -4.55. The molecule has 0 radical (unpaired) electrons. The molecule has 0 aliphatic carbocycles. The molecule has 128 valence electrons. The minimum Gasteiger partial charge on any atom is -0.491 e.